The van der Waals surface area contributed by atoms with E-state index in [1.807, 2.05) is 18.2 Å². The van der Waals surface area contributed by atoms with Gasteiger partial charge in [-0.15, -0.1) is 0 Å². The van der Waals surface area contributed by atoms with Crippen molar-refractivity contribution in [3.63, 3.8) is 0 Å². The van der Waals surface area contributed by atoms with Gasteiger partial charge in [0.15, 0.2) is 0 Å². The van der Waals surface area contributed by atoms with Gasteiger partial charge in [0.05, 0.1) is 17.3 Å². The lowest BCUT2D eigenvalue weighted by Crippen LogP contribution is -2.42. The van der Waals surface area contributed by atoms with Crippen LogP contribution < -0.4 is 9.47 Å². The predicted octanol–water partition coefficient (Wildman–Crippen LogP) is 4.27. The van der Waals surface area contributed by atoms with Crippen LogP contribution in [0.1, 0.15) is 23.2 Å². The van der Waals surface area contributed by atoms with Gasteiger partial charge in [-0.05, 0) is 30.3 Å². The maximum Gasteiger partial charge on any atom is 0.274 e. The molecule has 2 aromatic carbocycles. The summed E-state index contributed by atoms with van der Waals surface area (Å²) in [6.45, 7) is 0.742. The van der Waals surface area contributed by atoms with Crippen molar-refractivity contribution in [2.24, 2.45) is 0 Å². The average Bonchev–Trinajstić information content (AvgIpc) is 3.09. The summed E-state index contributed by atoms with van der Waals surface area (Å²) in [5, 5.41) is 0.563. The van der Waals surface area contributed by atoms with Gasteiger partial charge in [0.25, 0.3) is 11.1 Å². The molecule has 1 aromatic heterocycles. The van der Waals surface area contributed by atoms with E-state index in [4.69, 9.17) is 9.47 Å². The van der Waals surface area contributed by atoms with Crippen molar-refractivity contribution in [2.45, 2.75) is 18.9 Å². The zero-order valence-electron chi connectivity index (χ0n) is 15.2. The van der Waals surface area contributed by atoms with Crippen molar-refractivity contribution >= 4 is 27.5 Å². The zero-order valence-corrected chi connectivity index (χ0v) is 16.0. The summed E-state index contributed by atoms with van der Waals surface area (Å²) in [6.07, 6.45) is 1.04. The number of thiazole rings is 1. The van der Waals surface area contributed by atoms with E-state index in [0.717, 1.165) is 28.1 Å². The molecule has 0 bridgehead atoms. The van der Waals surface area contributed by atoms with E-state index in [-0.39, 0.29) is 6.10 Å². The molecule has 8 heteroatoms. The van der Waals surface area contributed by atoms with Crippen molar-refractivity contribution < 1.29 is 23.0 Å². The highest BCUT2D eigenvalue weighted by Gasteiger charge is 2.28. The Kier molecular flexibility index (Phi) is 5.13. The number of hydrogen-bond acceptors (Lipinski definition) is 5. The van der Waals surface area contributed by atoms with E-state index < -0.39 is 23.1 Å². The summed E-state index contributed by atoms with van der Waals surface area (Å²) in [7, 11) is 1.61. The normalized spacial score (nSPS) is 15.0. The Morgan fingerprint density at radius 1 is 1.18 bits per heavy atom. The van der Waals surface area contributed by atoms with Crippen molar-refractivity contribution in [3.05, 3.63) is 53.6 Å². The molecule has 0 saturated carbocycles. The standard InChI is InChI=1S/C20H18F2N2O3S/c1-26-13-5-6-16-17(11-13)28-20(23-16)27-12-7-9-24(10-8-12)19(25)18-14(21)3-2-4-15(18)22/h2-6,11-12H,7-10H2,1H3. The molecule has 0 aliphatic carbocycles. The topological polar surface area (TPSA) is 51.7 Å². The number of fused-ring (bicyclic) bond motifs is 1. The molecular formula is C20H18F2N2O3S. The number of amides is 1. The molecule has 0 N–H and O–H groups in total. The van der Waals surface area contributed by atoms with Crippen LogP contribution in [-0.4, -0.2) is 42.1 Å². The Labute approximate surface area is 164 Å². The molecule has 146 valence electrons. The molecule has 28 heavy (non-hydrogen) atoms. The summed E-state index contributed by atoms with van der Waals surface area (Å²) in [5.41, 5.74) is 0.338. The third kappa shape index (κ3) is 3.64. The molecule has 1 amide bonds. The molecule has 5 nitrogen and oxygen atoms in total. The molecular weight excluding hydrogens is 386 g/mol. The number of hydrogen-bond donors (Lipinski definition) is 0. The number of carbonyl (C=O) groups is 1. The van der Waals surface area contributed by atoms with Gasteiger partial charge in [-0.2, -0.15) is 0 Å². The molecule has 1 aliphatic rings. The predicted molar refractivity (Wildman–Crippen MR) is 102 cm³/mol. The Hall–Kier alpha value is -2.74. The lowest BCUT2D eigenvalue weighted by Gasteiger charge is -2.31. The lowest BCUT2D eigenvalue weighted by molar-refractivity contribution is 0.0587. The fourth-order valence-corrected chi connectivity index (χ4v) is 4.15. The van der Waals surface area contributed by atoms with Crippen molar-refractivity contribution in [1.82, 2.24) is 9.88 Å². The van der Waals surface area contributed by atoms with Gasteiger partial charge < -0.3 is 14.4 Å². The van der Waals surface area contributed by atoms with E-state index in [2.05, 4.69) is 4.98 Å². The highest BCUT2D eigenvalue weighted by atomic mass is 32.1. The summed E-state index contributed by atoms with van der Waals surface area (Å²) in [4.78, 5) is 18.4. The number of benzene rings is 2. The van der Waals surface area contributed by atoms with Crippen LogP contribution in [0.15, 0.2) is 36.4 Å². The number of ether oxygens (including phenoxy) is 2. The summed E-state index contributed by atoms with van der Waals surface area (Å²) >= 11 is 1.44. The Morgan fingerprint density at radius 3 is 2.57 bits per heavy atom. The molecule has 0 spiro atoms. The van der Waals surface area contributed by atoms with Gasteiger partial charge >= 0.3 is 0 Å². The van der Waals surface area contributed by atoms with Gasteiger partial charge in [0.1, 0.15) is 29.1 Å². The number of halogens is 2. The molecule has 2 heterocycles. The number of carbonyl (C=O) groups excluding carboxylic acids is 1. The minimum absolute atomic E-state index is 0.100. The quantitative estimate of drug-likeness (QED) is 0.652. The second kappa shape index (κ2) is 7.71. The van der Waals surface area contributed by atoms with Gasteiger partial charge in [-0.25, -0.2) is 13.8 Å². The van der Waals surface area contributed by atoms with Crippen LogP contribution in [0.4, 0.5) is 8.78 Å². The first-order chi connectivity index (χ1) is 13.5. The second-order valence-electron chi connectivity index (χ2n) is 6.52. The first-order valence-corrected chi connectivity index (χ1v) is 9.71. The molecule has 0 radical (unpaired) electrons. The van der Waals surface area contributed by atoms with E-state index in [0.29, 0.717) is 31.1 Å². The van der Waals surface area contributed by atoms with Gasteiger partial charge in [0.2, 0.25) is 0 Å². The van der Waals surface area contributed by atoms with Gasteiger partial charge in [-0.1, -0.05) is 17.4 Å². The van der Waals surface area contributed by atoms with Crippen LogP contribution in [0.25, 0.3) is 10.2 Å². The molecule has 0 atom stereocenters. The van der Waals surface area contributed by atoms with Crippen LogP contribution in [0.3, 0.4) is 0 Å². The maximum atomic E-state index is 13.8. The highest BCUT2D eigenvalue weighted by molar-refractivity contribution is 7.20. The minimum atomic E-state index is -0.840. The second-order valence-corrected chi connectivity index (χ2v) is 7.51. The largest absolute Gasteiger partial charge is 0.497 e. The van der Waals surface area contributed by atoms with Crippen molar-refractivity contribution in [1.29, 1.82) is 0 Å². The molecule has 1 aliphatic heterocycles. The van der Waals surface area contributed by atoms with Crippen LogP contribution in [-0.2, 0) is 0 Å². The first-order valence-electron chi connectivity index (χ1n) is 8.89. The van der Waals surface area contributed by atoms with E-state index in [1.165, 1.54) is 22.3 Å². The SMILES string of the molecule is COc1ccc2nc(OC3CCN(C(=O)c4c(F)cccc4F)CC3)sc2c1. The Morgan fingerprint density at radius 2 is 1.89 bits per heavy atom. The highest BCUT2D eigenvalue weighted by Crippen LogP contribution is 2.32. The summed E-state index contributed by atoms with van der Waals surface area (Å²) in [5.74, 6) is -1.54. The molecule has 1 fully saturated rings. The molecule has 4 rings (SSSR count). The zero-order chi connectivity index (χ0) is 19.7. The number of likely N-dealkylation sites (tertiary alicyclic amines) is 1. The maximum absolute atomic E-state index is 13.8. The van der Waals surface area contributed by atoms with Crippen molar-refractivity contribution in [2.75, 3.05) is 20.2 Å². The summed E-state index contributed by atoms with van der Waals surface area (Å²) < 4.78 is 39.9. The molecule has 1 saturated heterocycles. The number of piperidine rings is 1. The number of nitrogens with zero attached hydrogens (tertiary/aromatic N) is 2. The first kappa shape index (κ1) is 18.6. The molecule has 0 unspecified atom stereocenters. The van der Waals surface area contributed by atoms with Crippen LogP contribution in [0, 0.1) is 11.6 Å². The van der Waals surface area contributed by atoms with Crippen LogP contribution in [0.2, 0.25) is 0 Å². The van der Waals surface area contributed by atoms with E-state index in [9.17, 15) is 13.6 Å². The smallest absolute Gasteiger partial charge is 0.274 e. The monoisotopic (exact) mass is 404 g/mol. The fraction of sp³-hybridized carbons (Fsp3) is 0.300. The Balaban J connectivity index is 1.40. The third-order valence-corrected chi connectivity index (χ3v) is 5.66. The Bertz CT molecular complexity index is 996. The van der Waals surface area contributed by atoms with Gasteiger partial charge in [0, 0.05) is 25.9 Å². The third-order valence-electron chi connectivity index (χ3n) is 4.75. The number of methoxy groups -OCH3 is 1. The van der Waals surface area contributed by atoms with E-state index >= 15 is 0 Å². The van der Waals surface area contributed by atoms with Crippen molar-refractivity contribution in [3.8, 4) is 10.9 Å². The number of aromatic nitrogens is 1. The molecule has 3 aromatic rings. The fourth-order valence-electron chi connectivity index (χ4n) is 3.24. The van der Waals surface area contributed by atoms with Crippen LogP contribution >= 0.6 is 11.3 Å². The average molecular weight is 404 g/mol. The van der Waals surface area contributed by atoms with Gasteiger partial charge in [-0.3, -0.25) is 4.79 Å². The number of rotatable bonds is 4. The van der Waals surface area contributed by atoms with Crippen LogP contribution in [0.5, 0.6) is 10.9 Å². The van der Waals surface area contributed by atoms with E-state index in [1.54, 1.807) is 7.11 Å². The lowest BCUT2D eigenvalue weighted by atomic mass is 10.1. The minimum Gasteiger partial charge on any atom is -0.497 e. The summed E-state index contributed by atoms with van der Waals surface area (Å²) in [6, 6.07) is 9.06.